The maximum Gasteiger partial charge on any atom is 0.270 e. The fourth-order valence-electron chi connectivity index (χ4n) is 3.54. The van der Waals surface area contributed by atoms with Gasteiger partial charge in [0, 0.05) is 37.4 Å². The predicted octanol–water partition coefficient (Wildman–Crippen LogP) is 1.79. The van der Waals surface area contributed by atoms with Crippen molar-refractivity contribution in [2.45, 2.75) is 50.2 Å². The van der Waals surface area contributed by atoms with Crippen LogP contribution in [0.5, 0.6) is 0 Å². The van der Waals surface area contributed by atoms with Crippen LogP contribution in [0.4, 0.5) is 0 Å². The lowest BCUT2D eigenvalue weighted by Crippen LogP contribution is -2.39. The molecule has 3 aliphatic rings. The Kier molecular flexibility index (Phi) is 2.65. The van der Waals surface area contributed by atoms with Crippen LogP contribution in [0.1, 0.15) is 48.6 Å². The van der Waals surface area contributed by atoms with E-state index in [1.807, 2.05) is 12.1 Å². The van der Waals surface area contributed by atoms with Crippen molar-refractivity contribution in [1.82, 2.24) is 14.8 Å². The van der Waals surface area contributed by atoms with Crippen molar-refractivity contribution in [2.75, 3.05) is 13.1 Å². The van der Waals surface area contributed by atoms with Crippen LogP contribution in [0.15, 0.2) is 18.3 Å². The number of carbonyl (C=O) groups excluding carboxylic acids is 1. The molecular formula is C15H21N3O. The molecule has 2 unspecified atom stereocenters. The van der Waals surface area contributed by atoms with Gasteiger partial charge in [-0.25, -0.2) is 0 Å². The third-order valence-electron chi connectivity index (χ3n) is 4.75. The molecule has 4 nitrogen and oxygen atoms in total. The molecule has 4 rings (SSSR count). The highest BCUT2D eigenvalue weighted by Crippen LogP contribution is 2.36. The highest BCUT2D eigenvalue weighted by Gasteiger charge is 2.33. The Hall–Kier alpha value is -1.29. The molecule has 1 aromatic rings. The van der Waals surface area contributed by atoms with Gasteiger partial charge in [-0.2, -0.15) is 0 Å². The molecule has 3 fully saturated rings. The molecule has 2 bridgehead atoms. The van der Waals surface area contributed by atoms with Gasteiger partial charge in [0.05, 0.1) is 0 Å². The van der Waals surface area contributed by atoms with Crippen LogP contribution in [0.3, 0.4) is 0 Å². The summed E-state index contributed by atoms with van der Waals surface area (Å²) in [4.78, 5) is 14.8. The highest BCUT2D eigenvalue weighted by molar-refractivity contribution is 5.93. The number of hydrogen-bond acceptors (Lipinski definition) is 2. The highest BCUT2D eigenvalue weighted by atomic mass is 16.2. The second-order valence-electron chi connectivity index (χ2n) is 6.21. The molecule has 2 aliphatic heterocycles. The number of amides is 1. The first-order chi connectivity index (χ1) is 9.31. The lowest BCUT2D eigenvalue weighted by Gasteiger charge is -2.24. The van der Waals surface area contributed by atoms with Crippen LogP contribution in [0.2, 0.25) is 0 Å². The van der Waals surface area contributed by atoms with Crippen molar-refractivity contribution in [1.29, 1.82) is 0 Å². The predicted molar refractivity (Wildman–Crippen MR) is 73.2 cm³/mol. The molecule has 19 heavy (non-hydrogen) atoms. The van der Waals surface area contributed by atoms with E-state index in [2.05, 4.69) is 21.0 Å². The van der Waals surface area contributed by atoms with E-state index < -0.39 is 0 Å². The second kappa shape index (κ2) is 4.37. The lowest BCUT2D eigenvalue weighted by molar-refractivity contribution is 0.0737. The average Bonchev–Trinajstić information content (AvgIpc) is 3.01. The number of rotatable bonds is 2. The van der Waals surface area contributed by atoms with E-state index in [9.17, 15) is 4.79 Å². The quantitative estimate of drug-likeness (QED) is 0.879. The summed E-state index contributed by atoms with van der Waals surface area (Å²) in [6.07, 6.45) is 8.12. The summed E-state index contributed by atoms with van der Waals surface area (Å²) in [7, 11) is 0. The van der Waals surface area contributed by atoms with Gasteiger partial charge in [-0.15, -0.1) is 0 Å². The Morgan fingerprint density at radius 1 is 1.16 bits per heavy atom. The number of fused-ring (bicyclic) bond motifs is 2. The van der Waals surface area contributed by atoms with Crippen molar-refractivity contribution in [3.63, 3.8) is 0 Å². The van der Waals surface area contributed by atoms with Crippen molar-refractivity contribution < 1.29 is 4.79 Å². The average molecular weight is 259 g/mol. The van der Waals surface area contributed by atoms with Crippen molar-refractivity contribution >= 4 is 5.91 Å². The number of likely N-dealkylation sites (tertiary alicyclic amines) is 1. The summed E-state index contributed by atoms with van der Waals surface area (Å²) < 4.78 is 2.18. The van der Waals surface area contributed by atoms with E-state index in [0.29, 0.717) is 18.1 Å². The Bertz CT molecular complexity index is 491. The van der Waals surface area contributed by atoms with Crippen molar-refractivity contribution in [2.24, 2.45) is 0 Å². The summed E-state index contributed by atoms with van der Waals surface area (Å²) in [5.41, 5.74) is 0.889. The third-order valence-corrected chi connectivity index (χ3v) is 4.75. The maximum atomic E-state index is 12.7. The van der Waals surface area contributed by atoms with E-state index in [-0.39, 0.29) is 5.91 Å². The topological polar surface area (TPSA) is 37.3 Å². The van der Waals surface area contributed by atoms with E-state index >= 15 is 0 Å². The van der Waals surface area contributed by atoms with E-state index in [4.69, 9.17) is 0 Å². The first-order valence-electron chi connectivity index (χ1n) is 7.53. The number of aromatic nitrogens is 1. The number of carbonyl (C=O) groups is 1. The van der Waals surface area contributed by atoms with E-state index in [1.165, 1.54) is 25.7 Å². The molecule has 1 aromatic heterocycles. The van der Waals surface area contributed by atoms with Crippen LogP contribution >= 0.6 is 0 Å². The Morgan fingerprint density at radius 3 is 2.84 bits per heavy atom. The lowest BCUT2D eigenvalue weighted by atomic mass is 10.1. The first kappa shape index (κ1) is 11.5. The van der Waals surface area contributed by atoms with Crippen molar-refractivity contribution in [3.05, 3.63) is 24.0 Å². The molecule has 3 heterocycles. The SMILES string of the molecule is O=C(c1cccn1C1CC1)N1CCC2CCC(C1)N2. The zero-order valence-corrected chi connectivity index (χ0v) is 11.2. The molecular weight excluding hydrogens is 238 g/mol. The van der Waals surface area contributed by atoms with Crippen LogP contribution in [0.25, 0.3) is 0 Å². The van der Waals surface area contributed by atoms with Gasteiger partial charge in [0.1, 0.15) is 5.69 Å². The summed E-state index contributed by atoms with van der Waals surface area (Å²) >= 11 is 0. The standard InChI is InChI=1S/C15H21N3O/c19-15(14-2-1-8-18(14)13-5-6-13)17-9-7-11-3-4-12(10-17)16-11/h1-2,8,11-13,16H,3-7,9-10H2. The first-order valence-corrected chi connectivity index (χ1v) is 7.53. The monoisotopic (exact) mass is 259 g/mol. The zero-order chi connectivity index (χ0) is 12.8. The smallest absolute Gasteiger partial charge is 0.270 e. The summed E-state index contributed by atoms with van der Waals surface area (Å²) in [6, 6.07) is 5.72. The molecule has 0 radical (unpaired) electrons. The summed E-state index contributed by atoms with van der Waals surface area (Å²) in [5.74, 6) is 0.228. The molecule has 0 spiro atoms. The van der Waals surface area contributed by atoms with Gasteiger partial charge < -0.3 is 14.8 Å². The Balaban J connectivity index is 1.54. The number of nitrogens with zero attached hydrogens (tertiary/aromatic N) is 2. The van der Waals surface area contributed by atoms with Crippen LogP contribution in [-0.2, 0) is 0 Å². The fourth-order valence-corrected chi connectivity index (χ4v) is 3.54. The normalized spacial score (nSPS) is 30.4. The third kappa shape index (κ3) is 2.08. The zero-order valence-electron chi connectivity index (χ0n) is 11.2. The number of hydrogen-bond donors (Lipinski definition) is 1. The van der Waals surface area contributed by atoms with E-state index in [1.54, 1.807) is 0 Å². The van der Waals surface area contributed by atoms with Crippen molar-refractivity contribution in [3.8, 4) is 0 Å². The Morgan fingerprint density at radius 2 is 2.00 bits per heavy atom. The molecule has 2 atom stereocenters. The minimum Gasteiger partial charge on any atom is -0.340 e. The van der Waals surface area contributed by atoms with Crippen LogP contribution in [0, 0.1) is 0 Å². The van der Waals surface area contributed by atoms with Gasteiger partial charge in [0.25, 0.3) is 5.91 Å². The van der Waals surface area contributed by atoms with E-state index in [0.717, 1.165) is 25.2 Å². The van der Waals surface area contributed by atoms with Gasteiger partial charge in [-0.1, -0.05) is 0 Å². The summed E-state index contributed by atoms with van der Waals surface area (Å²) in [5, 5.41) is 3.63. The second-order valence-corrected chi connectivity index (χ2v) is 6.21. The van der Waals surface area contributed by atoms with Gasteiger partial charge in [-0.3, -0.25) is 4.79 Å². The van der Waals surface area contributed by atoms with Crippen LogP contribution in [-0.4, -0.2) is 40.5 Å². The minimum atomic E-state index is 0.228. The Labute approximate surface area is 113 Å². The summed E-state index contributed by atoms with van der Waals surface area (Å²) in [6.45, 7) is 1.79. The molecule has 102 valence electrons. The largest absolute Gasteiger partial charge is 0.340 e. The molecule has 0 aromatic carbocycles. The molecule has 1 N–H and O–H groups in total. The number of nitrogens with one attached hydrogen (secondary N) is 1. The molecule has 1 amide bonds. The molecule has 4 heteroatoms. The van der Waals surface area contributed by atoms with Gasteiger partial charge in [-0.05, 0) is 44.2 Å². The molecule has 1 saturated carbocycles. The maximum absolute atomic E-state index is 12.7. The molecule has 2 saturated heterocycles. The van der Waals surface area contributed by atoms with Gasteiger partial charge in [0.2, 0.25) is 0 Å². The van der Waals surface area contributed by atoms with Gasteiger partial charge in [0.15, 0.2) is 0 Å². The van der Waals surface area contributed by atoms with Crippen LogP contribution < -0.4 is 5.32 Å². The molecule has 1 aliphatic carbocycles. The minimum absolute atomic E-state index is 0.228. The fraction of sp³-hybridized carbons (Fsp3) is 0.667. The van der Waals surface area contributed by atoms with Gasteiger partial charge >= 0.3 is 0 Å².